The van der Waals surface area contributed by atoms with Crippen molar-refractivity contribution in [1.82, 2.24) is 10.6 Å². The highest BCUT2D eigenvalue weighted by Crippen LogP contribution is 2.00. The van der Waals surface area contributed by atoms with E-state index in [9.17, 15) is 22.6 Å². The molecule has 8 nitrogen and oxygen atoms in total. The second-order valence-corrected chi connectivity index (χ2v) is 5.87. The lowest BCUT2D eigenvalue weighted by atomic mass is 10.2. The van der Waals surface area contributed by atoms with E-state index in [-0.39, 0.29) is 26.1 Å². The molecule has 0 aliphatic heterocycles. The highest BCUT2D eigenvalue weighted by molar-refractivity contribution is 7.85. The van der Waals surface area contributed by atoms with Crippen LogP contribution in [0.4, 0.5) is 4.79 Å². The number of rotatable bonds is 8. The van der Waals surface area contributed by atoms with Crippen LogP contribution in [-0.2, 0) is 26.3 Å². The third-order valence-corrected chi connectivity index (χ3v) is 3.21. The van der Waals surface area contributed by atoms with Gasteiger partial charge in [-0.2, -0.15) is 0 Å². The Balaban J connectivity index is 2.10. The summed E-state index contributed by atoms with van der Waals surface area (Å²) in [6.07, 6.45) is -0.696. The Labute approximate surface area is 128 Å². The Morgan fingerprint density at radius 2 is 1.77 bits per heavy atom. The van der Waals surface area contributed by atoms with E-state index in [0.29, 0.717) is 0 Å². The van der Waals surface area contributed by atoms with Gasteiger partial charge in [0.1, 0.15) is 6.61 Å². The van der Waals surface area contributed by atoms with E-state index in [1.54, 1.807) is 0 Å². The second kappa shape index (κ2) is 9.00. The molecule has 0 heterocycles. The average molecular weight is 329 g/mol. The normalized spacial score (nSPS) is 10.8. The molecule has 1 rings (SSSR count). The molecule has 122 valence electrons. The summed E-state index contributed by atoms with van der Waals surface area (Å²) in [5.41, 5.74) is 0.842. The molecule has 0 saturated heterocycles. The lowest BCUT2D eigenvalue weighted by Gasteiger charge is -2.09. The first-order valence-electron chi connectivity index (χ1n) is 6.51. The minimum atomic E-state index is -4.34. The number of carbonyl (C=O) groups is 2. The minimum absolute atomic E-state index is 0.0423. The van der Waals surface area contributed by atoms with E-state index in [1.807, 2.05) is 30.3 Å². The van der Waals surface area contributed by atoms with Crippen LogP contribution in [0.5, 0.6) is 0 Å². The van der Waals surface area contributed by atoms with Crippen LogP contribution in [0.3, 0.4) is 0 Å². The van der Waals surface area contributed by atoms with Gasteiger partial charge < -0.3 is 19.9 Å². The Hall–Kier alpha value is -2.13. The lowest BCUT2D eigenvalue weighted by molar-refractivity contribution is -0.120. The molecular formula is C13H17N2O6S-. The third kappa shape index (κ3) is 8.93. The Kier molecular flexibility index (Phi) is 7.33. The van der Waals surface area contributed by atoms with Crippen LogP contribution >= 0.6 is 0 Å². The molecule has 0 bridgehead atoms. The smallest absolute Gasteiger partial charge is 0.407 e. The molecule has 2 amide bonds. The number of hydrogen-bond donors (Lipinski definition) is 2. The van der Waals surface area contributed by atoms with Gasteiger partial charge in [-0.05, 0) is 5.56 Å². The fourth-order valence-electron chi connectivity index (χ4n) is 1.46. The Morgan fingerprint density at radius 3 is 2.41 bits per heavy atom. The summed E-state index contributed by atoms with van der Waals surface area (Å²) in [4.78, 5) is 22.6. The summed E-state index contributed by atoms with van der Waals surface area (Å²) in [7, 11) is -4.34. The molecule has 0 saturated carbocycles. The predicted octanol–water partition coefficient (Wildman–Crippen LogP) is -0.0357. The van der Waals surface area contributed by atoms with Gasteiger partial charge in [-0.3, -0.25) is 4.79 Å². The van der Waals surface area contributed by atoms with Gasteiger partial charge in [0.15, 0.2) is 0 Å². The van der Waals surface area contributed by atoms with Crippen LogP contribution in [0, 0.1) is 0 Å². The zero-order valence-electron chi connectivity index (χ0n) is 11.8. The fraction of sp³-hybridized carbons (Fsp3) is 0.385. The van der Waals surface area contributed by atoms with Crippen molar-refractivity contribution < 1.29 is 27.3 Å². The fourth-order valence-corrected chi connectivity index (χ4v) is 1.81. The molecule has 9 heteroatoms. The van der Waals surface area contributed by atoms with Crippen LogP contribution in [-0.4, -0.2) is 43.8 Å². The molecule has 22 heavy (non-hydrogen) atoms. The Bertz CT molecular complexity index is 588. The molecule has 0 fully saturated rings. The van der Waals surface area contributed by atoms with Crippen LogP contribution < -0.4 is 10.6 Å². The van der Waals surface area contributed by atoms with Gasteiger partial charge in [0.25, 0.3) is 0 Å². The molecule has 1 aromatic carbocycles. The summed E-state index contributed by atoms with van der Waals surface area (Å²) in [6, 6.07) is 9.11. The summed E-state index contributed by atoms with van der Waals surface area (Å²) < 4.78 is 35.9. The van der Waals surface area contributed by atoms with E-state index in [1.165, 1.54) is 0 Å². The number of ether oxygens (including phenoxy) is 1. The maximum atomic E-state index is 11.4. The van der Waals surface area contributed by atoms with Crippen LogP contribution in [0.1, 0.15) is 12.0 Å². The topological polar surface area (TPSA) is 125 Å². The number of amides is 2. The predicted molar refractivity (Wildman–Crippen MR) is 76.8 cm³/mol. The van der Waals surface area contributed by atoms with Gasteiger partial charge >= 0.3 is 6.09 Å². The molecule has 0 aromatic heterocycles. The van der Waals surface area contributed by atoms with Crippen LogP contribution in [0.15, 0.2) is 30.3 Å². The van der Waals surface area contributed by atoms with Gasteiger partial charge in [0.2, 0.25) is 5.91 Å². The highest BCUT2D eigenvalue weighted by Gasteiger charge is 2.05. The molecule has 0 aliphatic rings. The van der Waals surface area contributed by atoms with Crippen molar-refractivity contribution in [1.29, 1.82) is 0 Å². The first-order chi connectivity index (χ1) is 10.4. The van der Waals surface area contributed by atoms with Crippen LogP contribution in [0.25, 0.3) is 0 Å². The second-order valence-electron chi connectivity index (χ2n) is 4.35. The van der Waals surface area contributed by atoms with Gasteiger partial charge in [0.05, 0.1) is 15.9 Å². The molecule has 0 unspecified atom stereocenters. The first kappa shape index (κ1) is 17.9. The SMILES string of the molecule is O=C(CCNC(=O)OCc1ccccc1)NCCS(=O)(=O)[O-]. The van der Waals surface area contributed by atoms with Crippen molar-refractivity contribution in [2.45, 2.75) is 13.0 Å². The average Bonchev–Trinajstić information content (AvgIpc) is 2.45. The van der Waals surface area contributed by atoms with Gasteiger partial charge in [-0.1, -0.05) is 30.3 Å². The number of hydrogen-bond acceptors (Lipinski definition) is 6. The lowest BCUT2D eigenvalue weighted by Crippen LogP contribution is -2.33. The van der Waals surface area contributed by atoms with Crippen molar-refractivity contribution in [2.24, 2.45) is 0 Å². The van der Waals surface area contributed by atoms with Gasteiger partial charge in [-0.15, -0.1) is 0 Å². The molecule has 1 aromatic rings. The van der Waals surface area contributed by atoms with E-state index in [0.717, 1.165) is 5.56 Å². The summed E-state index contributed by atoms with van der Waals surface area (Å²) in [5, 5.41) is 4.65. The molecular weight excluding hydrogens is 312 g/mol. The molecule has 0 spiro atoms. The van der Waals surface area contributed by atoms with Crippen molar-refractivity contribution in [3.63, 3.8) is 0 Å². The maximum absolute atomic E-state index is 11.4. The van der Waals surface area contributed by atoms with Crippen molar-refractivity contribution in [3.8, 4) is 0 Å². The Morgan fingerprint density at radius 1 is 1.09 bits per heavy atom. The standard InChI is InChI=1S/C13H18N2O6S/c16-12(14-8-9-22(18,19)20)6-7-15-13(17)21-10-11-4-2-1-3-5-11/h1-5H,6-10H2,(H,14,16)(H,15,17)(H,18,19,20)/p-1. The van der Waals surface area contributed by atoms with Crippen LogP contribution in [0.2, 0.25) is 0 Å². The highest BCUT2D eigenvalue weighted by atomic mass is 32.2. The molecule has 0 atom stereocenters. The van der Waals surface area contributed by atoms with Gasteiger partial charge in [0, 0.05) is 19.5 Å². The van der Waals surface area contributed by atoms with Crippen molar-refractivity contribution in [3.05, 3.63) is 35.9 Å². The van der Waals surface area contributed by atoms with Gasteiger partial charge in [-0.25, -0.2) is 13.2 Å². The minimum Gasteiger partial charge on any atom is -0.748 e. The zero-order chi connectivity index (χ0) is 16.4. The number of carbonyl (C=O) groups excluding carboxylic acids is 2. The van der Waals surface area contributed by atoms with Crippen molar-refractivity contribution in [2.75, 3.05) is 18.8 Å². The molecule has 0 radical (unpaired) electrons. The largest absolute Gasteiger partial charge is 0.748 e. The number of benzene rings is 1. The summed E-state index contributed by atoms with van der Waals surface area (Å²) >= 11 is 0. The summed E-state index contributed by atoms with van der Waals surface area (Å²) in [6.45, 7) is -0.0765. The summed E-state index contributed by atoms with van der Waals surface area (Å²) in [5.74, 6) is -1.13. The quantitative estimate of drug-likeness (QED) is 0.645. The van der Waals surface area contributed by atoms with E-state index in [4.69, 9.17) is 4.74 Å². The first-order valence-corrected chi connectivity index (χ1v) is 8.09. The zero-order valence-corrected chi connectivity index (χ0v) is 12.6. The third-order valence-electron chi connectivity index (χ3n) is 2.51. The monoisotopic (exact) mass is 329 g/mol. The van der Waals surface area contributed by atoms with E-state index >= 15 is 0 Å². The van der Waals surface area contributed by atoms with Crippen molar-refractivity contribution >= 4 is 22.1 Å². The maximum Gasteiger partial charge on any atom is 0.407 e. The number of nitrogens with one attached hydrogen (secondary N) is 2. The molecule has 0 aliphatic carbocycles. The van der Waals surface area contributed by atoms with E-state index < -0.39 is 27.9 Å². The number of alkyl carbamates (subject to hydrolysis) is 1. The van der Waals surface area contributed by atoms with E-state index in [2.05, 4.69) is 10.6 Å². The molecule has 2 N–H and O–H groups in total.